The summed E-state index contributed by atoms with van der Waals surface area (Å²) in [5.74, 6) is -0.174. The molecule has 5 rings (SSSR count). The van der Waals surface area contributed by atoms with Crippen molar-refractivity contribution in [1.29, 1.82) is 0 Å². The molecule has 9 heteroatoms. The summed E-state index contributed by atoms with van der Waals surface area (Å²) in [5.41, 5.74) is 1.52. The second kappa shape index (κ2) is 12.9. The summed E-state index contributed by atoms with van der Waals surface area (Å²) in [5, 5.41) is 13.2. The second-order valence-corrected chi connectivity index (χ2v) is 12.5. The van der Waals surface area contributed by atoms with Crippen LogP contribution in [0.15, 0.2) is 41.1 Å². The summed E-state index contributed by atoms with van der Waals surface area (Å²) < 4.78 is 38.3. The van der Waals surface area contributed by atoms with Gasteiger partial charge in [0.15, 0.2) is 17.3 Å². The second-order valence-electron chi connectivity index (χ2n) is 12.5. The molecule has 222 valence electrons. The lowest BCUT2D eigenvalue weighted by Crippen LogP contribution is -2.39. The molecular formula is C32H41FN2O6. The number of methoxy groups -OCH3 is 1. The number of benzene rings is 1. The van der Waals surface area contributed by atoms with Gasteiger partial charge in [0.2, 0.25) is 11.6 Å². The van der Waals surface area contributed by atoms with Crippen LogP contribution in [0.2, 0.25) is 0 Å². The largest absolute Gasteiger partial charge is 0.487 e. The minimum absolute atomic E-state index is 0.0184. The van der Waals surface area contributed by atoms with E-state index in [0.29, 0.717) is 23.6 Å². The molecule has 0 bridgehead atoms. The number of carboxylic acid groups (broad SMARTS) is 1. The van der Waals surface area contributed by atoms with Crippen LogP contribution in [0.1, 0.15) is 83.9 Å². The summed E-state index contributed by atoms with van der Waals surface area (Å²) >= 11 is 0. The Morgan fingerprint density at radius 2 is 1.83 bits per heavy atom. The molecule has 0 spiro atoms. The highest BCUT2D eigenvalue weighted by atomic mass is 19.1. The summed E-state index contributed by atoms with van der Waals surface area (Å²) in [6, 6.07) is 8.69. The van der Waals surface area contributed by atoms with Gasteiger partial charge in [0.1, 0.15) is 18.5 Å². The van der Waals surface area contributed by atoms with Crippen LogP contribution >= 0.6 is 0 Å². The Bertz CT molecular complexity index is 1310. The first kappa shape index (κ1) is 30.3. The van der Waals surface area contributed by atoms with E-state index in [9.17, 15) is 9.18 Å². The van der Waals surface area contributed by atoms with E-state index in [2.05, 4.69) is 37.8 Å². The van der Waals surface area contributed by atoms with E-state index in [1.807, 2.05) is 12.1 Å². The van der Waals surface area contributed by atoms with Crippen LogP contribution in [0, 0.1) is 16.6 Å². The van der Waals surface area contributed by atoms with Crippen LogP contribution in [0.4, 0.5) is 4.39 Å². The highest BCUT2D eigenvalue weighted by molar-refractivity contribution is 5.67. The van der Waals surface area contributed by atoms with Gasteiger partial charge in [0.25, 0.3) is 0 Å². The van der Waals surface area contributed by atoms with Crippen LogP contribution in [-0.4, -0.2) is 34.4 Å². The maximum absolute atomic E-state index is 14.9. The van der Waals surface area contributed by atoms with Crippen LogP contribution < -0.4 is 14.2 Å². The maximum atomic E-state index is 14.9. The smallest absolute Gasteiger partial charge is 0.303 e. The SMILES string of the molecule is C1CC1.COc1cc(-c2onc(COc3cccc(CCC(=O)O)c3)c2OC2CC(C)(C)CC(C)(C)C2)c(F)cn1. The fourth-order valence-corrected chi connectivity index (χ4v) is 5.59. The first-order valence-electron chi connectivity index (χ1n) is 14.2. The van der Waals surface area contributed by atoms with E-state index >= 15 is 0 Å². The molecule has 2 saturated carbocycles. The number of aryl methyl sites for hydroxylation is 1. The van der Waals surface area contributed by atoms with Crippen LogP contribution in [0.3, 0.4) is 0 Å². The van der Waals surface area contributed by atoms with E-state index in [-0.39, 0.29) is 47.2 Å². The number of hydrogen-bond acceptors (Lipinski definition) is 7. The van der Waals surface area contributed by atoms with Crippen molar-refractivity contribution in [3.05, 3.63) is 53.6 Å². The Hall–Kier alpha value is -3.62. The molecule has 1 N–H and O–H groups in total. The highest BCUT2D eigenvalue weighted by Crippen LogP contribution is 2.48. The average molecular weight is 569 g/mol. The Labute approximate surface area is 241 Å². The number of aromatic nitrogens is 2. The topological polar surface area (TPSA) is 104 Å². The molecular weight excluding hydrogens is 527 g/mol. The molecule has 0 saturated heterocycles. The lowest BCUT2D eigenvalue weighted by molar-refractivity contribution is -0.136. The first-order valence-corrected chi connectivity index (χ1v) is 14.2. The molecule has 2 aromatic heterocycles. The van der Waals surface area contributed by atoms with Gasteiger partial charge in [-0.25, -0.2) is 9.37 Å². The molecule has 2 fully saturated rings. The molecule has 2 aliphatic rings. The Balaban J connectivity index is 0.00000121. The number of carboxylic acids is 1. The van der Waals surface area contributed by atoms with E-state index in [1.54, 1.807) is 12.1 Å². The van der Waals surface area contributed by atoms with Gasteiger partial charge in [-0.15, -0.1) is 0 Å². The quantitative estimate of drug-likeness (QED) is 0.266. The zero-order valence-corrected chi connectivity index (χ0v) is 24.7. The van der Waals surface area contributed by atoms with Crippen molar-refractivity contribution in [2.24, 2.45) is 10.8 Å². The molecule has 0 radical (unpaired) electrons. The van der Waals surface area contributed by atoms with Gasteiger partial charge in [-0.3, -0.25) is 4.79 Å². The van der Waals surface area contributed by atoms with E-state index in [0.717, 1.165) is 31.0 Å². The monoisotopic (exact) mass is 568 g/mol. The molecule has 1 aromatic carbocycles. The molecule has 2 heterocycles. The predicted octanol–water partition coefficient (Wildman–Crippen LogP) is 7.63. The molecule has 41 heavy (non-hydrogen) atoms. The van der Waals surface area contributed by atoms with Crippen molar-refractivity contribution in [1.82, 2.24) is 10.1 Å². The van der Waals surface area contributed by atoms with Gasteiger partial charge in [0.05, 0.1) is 18.9 Å². The zero-order chi connectivity index (χ0) is 29.6. The summed E-state index contributed by atoms with van der Waals surface area (Å²) in [7, 11) is 1.46. The van der Waals surface area contributed by atoms with Gasteiger partial charge in [-0.05, 0) is 54.2 Å². The third-order valence-electron chi connectivity index (χ3n) is 7.06. The fraction of sp³-hybridized carbons (Fsp3) is 0.531. The minimum atomic E-state index is -0.859. The first-order chi connectivity index (χ1) is 19.4. The number of carbonyl (C=O) groups is 1. The minimum Gasteiger partial charge on any atom is -0.487 e. The number of nitrogens with zero attached hydrogens (tertiary/aromatic N) is 2. The zero-order valence-electron chi connectivity index (χ0n) is 24.7. The number of aliphatic carboxylic acids is 1. The molecule has 0 aliphatic heterocycles. The average Bonchev–Trinajstić information content (AvgIpc) is 3.73. The molecule has 0 amide bonds. The Kier molecular flexibility index (Phi) is 9.56. The Morgan fingerprint density at radius 3 is 2.46 bits per heavy atom. The predicted molar refractivity (Wildman–Crippen MR) is 153 cm³/mol. The summed E-state index contributed by atoms with van der Waals surface area (Å²) in [6.45, 7) is 8.94. The fourth-order valence-electron chi connectivity index (χ4n) is 5.59. The van der Waals surface area contributed by atoms with Crippen molar-refractivity contribution in [3.8, 4) is 28.7 Å². The Morgan fingerprint density at radius 1 is 1.12 bits per heavy atom. The van der Waals surface area contributed by atoms with Crippen molar-refractivity contribution >= 4 is 5.97 Å². The lowest BCUT2D eigenvalue weighted by atomic mass is 9.64. The molecule has 8 nitrogen and oxygen atoms in total. The molecule has 0 unspecified atom stereocenters. The van der Waals surface area contributed by atoms with Gasteiger partial charge >= 0.3 is 5.97 Å². The van der Waals surface area contributed by atoms with Crippen molar-refractivity contribution in [3.63, 3.8) is 0 Å². The van der Waals surface area contributed by atoms with Crippen LogP contribution in [0.5, 0.6) is 17.4 Å². The summed E-state index contributed by atoms with van der Waals surface area (Å²) in [6.07, 6.45) is 8.60. The van der Waals surface area contributed by atoms with E-state index in [1.165, 1.54) is 32.4 Å². The third kappa shape index (κ3) is 8.93. The number of halogens is 1. The van der Waals surface area contributed by atoms with E-state index < -0.39 is 11.8 Å². The maximum Gasteiger partial charge on any atom is 0.303 e. The van der Waals surface area contributed by atoms with Crippen LogP contribution in [-0.2, 0) is 17.8 Å². The number of pyridine rings is 1. The summed E-state index contributed by atoms with van der Waals surface area (Å²) in [4.78, 5) is 14.9. The normalized spacial score (nSPS) is 17.2. The van der Waals surface area contributed by atoms with Gasteiger partial charge < -0.3 is 23.8 Å². The number of rotatable bonds is 10. The van der Waals surface area contributed by atoms with Crippen molar-refractivity contribution < 1.29 is 33.0 Å². The molecule has 3 aromatic rings. The molecule has 2 aliphatic carbocycles. The van der Waals surface area contributed by atoms with Gasteiger partial charge in [-0.2, -0.15) is 0 Å². The highest BCUT2D eigenvalue weighted by Gasteiger charge is 2.40. The van der Waals surface area contributed by atoms with Gasteiger partial charge in [-0.1, -0.05) is 64.2 Å². The standard InChI is InChI=1S/C29H35FN2O6.C3H6/c1-28(2)13-20(14-29(3,4)17-28)37-27-23(16-36-19-8-6-7-18(11-19)9-10-25(33)34)32-38-26(27)21-12-24(35-5)31-15-22(21)30;1-2-3-1/h6-8,11-12,15,20H,9-10,13-14,16-17H2,1-5H3,(H,33,34);1-3H2. The third-order valence-corrected chi connectivity index (χ3v) is 7.06. The van der Waals surface area contributed by atoms with Crippen molar-refractivity contribution in [2.45, 2.75) is 91.8 Å². The lowest BCUT2D eigenvalue weighted by Gasteiger charge is -2.44. The number of ether oxygens (including phenoxy) is 3. The van der Waals surface area contributed by atoms with Gasteiger partial charge in [0, 0.05) is 12.5 Å². The number of hydrogen-bond donors (Lipinski definition) is 1. The molecule has 0 atom stereocenters. The van der Waals surface area contributed by atoms with E-state index in [4.69, 9.17) is 23.8 Å². The van der Waals surface area contributed by atoms with Crippen molar-refractivity contribution in [2.75, 3.05) is 7.11 Å². The van der Waals surface area contributed by atoms with Crippen LogP contribution in [0.25, 0.3) is 11.3 Å².